The van der Waals surface area contributed by atoms with Gasteiger partial charge in [0.2, 0.25) is 0 Å². The lowest BCUT2D eigenvalue weighted by molar-refractivity contribution is 0.000731. The van der Waals surface area contributed by atoms with Crippen molar-refractivity contribution in [2.75, 3.05) is 51.0 Å². The molecule has 0 radical (unpaired) electrons. The Balaban J connectivity index is 1.19. The van der Waals surface area contributed by atoms with Gasteiger partial charge in [-0.3, -0.25) is 15.0 Å². The first-order chi connectivity index (χ1) is 20.2. The van der Waals surface area contributed by atoms with Crippen LogP contribution >= 0.6 is 11.6 Å². The largest absolute Gasteiger partial charge is 0.377 e. The van der Waals surface area contributed by atoms with E-state index >= 15 is 0 Å². The summed E-state index contributed by atoms with van der Waals surface area (Å²) < 4.78 is 5.05. The molecule has 2 fully saturated rings. The summed E-state index contributed by atoms with van der Waals surface area (Å²) in [5.41, 5.74) is 4.56. The number of carbonyl (C=O) groups is 2. The van der Waals surface area contributed by atoms with E-state index in [-0.39, 0.29) is 18.0 Å². The van der Waals surface area contributed by atoms with Crippen LogP contribution in [-0.2, 0) is 11.3 Å². The molecule has 1 aromatic heterocycles. The number of nitrogens with zero attached hydrogens (tertiary/aromatic N) is 3. The first kappa shape index (κ1) is 29.5. The van der Waals surface area contributed by atoms with Crippen LogP contribution in [0.4, 0.5) is 16.3 Å². The second kappa shape index (κ2) is 13.4. The van der Waals surface area contributed by atoms with Gasteiger partial charge >= 0.3 is 6.03 Å². The summed E-state index contributed by atoms with van der Waals surface area (Å²) in [5.74, 6) is 6.42. The number of benzene rings is 2. The highest BCUT2D eigenvalue weighted by atomic mass is 35.5. The van der Waals surface area contributed by atoms with Crippen LogP contribution in [0.1, 0.15) is 39.0 Å². The van der Waals surface area contributed by atoms with Gasteiger partial charge in [0.1, 0.15) is 5.82 Å². The SMILES string of the molecule is Cc1ccc(C(=O)Nc2ccc(CN3CC[C@H](N(C)C)C3)c(Cl)c2)cc1C#Cc1ccc(NC(=O)NC2COC2)nc1. The van der Waals surface area contributed by atoms with Gasteiger partial charge in [-0.15, -0.1) is 0 Å². The number of anilines is 2. The monoisotopic (exact) mass is 586 g/mol. The number of ether oxygens (including phenoxy) is 1. The predicted octanol–water partition coefficient (Wildman–Crippen LogP) is 4.35. The molecule has 0 bridgehead atoms. The van der Waals surface area contributed by atoms with E-state index in [1.807, 2.05) is 25.1 Å². The molecular weight excluding hydrogens is 552 g/mol. The maximum Gasteiger partial charge on any atom is 0.320 e. The molecule has 42 heavy (non-hydrogen) atoms. The van der Waals surface area contributed by atoms with Gasteiger partial charge in [0.25, 0.3) is 5.91 Å². The molecule has 2 saturated heterocycles. The van der Waals surface area contributed by atoms with E-state index in [0.29, 0.717) is 46.9 Å². The number of amides is 3. The number of rotatable bonds is 7. The van der Waals surface area contributed by atoms with E-state index in [2.05, 4.69) is 56.7 Å². The number of likely N-dealkylation sites (tertiary alicyclic amines) is 1. The highest BCUT2D eigenvalue weighted by Gasteiger charge is 2.24. The lowest BCUT2D eigenvalue weighted by Crippen LogP contribution is -2.50. The molecule has 10 heteroatoms. The smallest absolute Gasteiger partial charge is 0.320 e. The molecule has 3 aromatic rings. The highest BCUT2D eigenvalue weighted by molar-refractivity contribution is 6.31. The van der Waals surface area contributed by atoms with Crippen LogP contribution in [0.3, 0.4) is 0 Å². The van der Waals surface area contributed by atoms with Gasteiger partial charge in [0.15, 0.2) is 0 Å². The quantitative estimate of drug-likeness (QED) is 0.356. The molecule has 218 valence electrons. The minimum absolute atomic E-state index is 0.0380. The molecule has 5 rings (SSSR count). The molecule has 3 N–H and O–H groups in total. The van der Waals surface area contributed by atoms with Crippen molar-refractivity contribution in [3.8, 4) is 11.8 Å². The van der Waals surface area contributed by atoms with Crippen LogP contribution in [-0.4, -0.2) is 79.2 Å². The summed E-state index contributed by atoms with van der Waals surface area (Å²) in [7, 11) is 4.24. The standard InChI is InChI=1S/C32H35ClN6O3/c1-21-4-7-24(14-23(21)8-5-22-6-11-30(34-16-22)37-32(41)36-27-19-42-20-27)31(40)35-26-10-9-25(29(33)15-26)17-39-13-12-28(18-39)38(2)3/h4,6-7,9-11,14-16,27-28H,12-13,17-20H2,1-3H3,(H,35,40)(H2,34,36,37,41)/t28-/m0/s1. The number of carbonyl (C=O) groups excluding carboxylic acids is 2. The highest BCUT2D eigenvalue weighted by Crippen LogP contribution is 2.25. The minimum atomic E-state index is -0.320. The number of aryl methyl sites for hydroxylation is 1. The van der Waals surface area contributed by atoms with Gasteiger partial charge < -0.3 is 20.3 Å². The molecular formula is C32H35ClN6O3. The van der Waals surface area contributed by atoms with Gasteiger partial charge in [-0.25, -0.2) is 9.78 Å². The van der Waals surface area contributed by atoms with Crippen LogP contribution in [0.2, 0.25) is 5.02 Å². The van der Waals surface area contributed by atoms with Crippen LogP contribution < -0.4 is 16.0 Å². The third-order valence-electron chi connectivity index (χ3n) is 7.50. The van der Waals surface area contributed by atoms with E-state index in [1.54, 1.807) is 36.5 Å². The summed E-state index contributed by atoms with van der Waals surface area (Å²) in [5, 5.41) is 9.09. The zero-order chi connectivity index (χ0) is 29.6. The minimum Gasteiger partial charge on any atom is -0.377 e. The summed E-state index contributed by atoms with van der Waals surface area (Å²) in [6.07, 6.45) is 2.75. The normalized spacial score (nSPS) is 16.8. The van der Waals surface area contributed by atoms with Crippen molar-refractivity contribution in [3.63, 3.8) is 0 Å². The molecule has 0 aliphatic carbocycles. The first-order valence-electron chi connectivity index (χ1n) is 14.0. The van der Waals surface area contributed by atoms with Crippen LogP contribution in [0.5, 0.6) is 0 Å². The predicted molar refractivity (Wildman–Crippen MR) is 165 cm³/mol. The van der Waals surface area contributed by atoms with Crippen LogP contribution in [0.15, 0.2) is 54.7 Å². The summed E-state index contributed by atoms with van der Waals surface area (Å²) in [4.78, 5) is 34.0. The number of hydrogen-bond acceptors (Lipinski definition) is 6. The van der Waals surface area contributed by atoms with Gasteiger partial charge in [0.05, 0.1) is 19.3 Å². The zero-order valence-corrected chi connectivity index (χ0v) is 24.8. The fourth-order valence-corrected chi connectivity index (χ4v) is 5.05. The molecule has 3 amide bonds. The van der Waals surface area contributed by atoms with Crippen molar-refractivity contribution in [3.05, 3.63) is 87.6 Å². The maximum absolute atomic E-state index is 13.1. The Morgan fingerprint density at radius 1 is 1.10 bits per heavy atom. The molecule has 1 atom stereocenters. The van der Waals surface area contributed by atoms with E-state index < -0.39 is 0 Å². The molecule has 2 aliphatic heterocycles. The molecule has 9 nitrogen and oxygen atoms in total. The maximum atomic E-state index is 13.1. The molecule has 0 saturated carbocycles. The number of pyridine rings is 1. The lowest BCUT2D eigenvalue weighted by atomic mass is 10.0. The average molecular weight is 587 g/mol. The number of hydrogen-bond donors (Lipinski definition) is 3. The van der Waals surface area contributed by atoms with Gasteiger partial charge in [0, 0.05) is 59.3 Å². The number of nitrogens with one attached hydrogen (secondary N) is 3. The van der Waals surface area contributed by atoms with Gasteiger partial charge in [-0.1, -0.05) is 35.6 Å². The number of urea groups is 1. The van der Waals surface area contributed by atoms with E-state index in [9.17, 15) is 9.59 Å². The Morgan fingerprint density at radius 2 is 1.93 bits per heavy atom. The summed E-state index contributed by atoms with van der Waals surface area (Å²) in [6.45, 7) is 5.85. The fourth-order valence-electron chi connectivity index (χ4n) is 4.81. The van der Waals surface area contributed by atoms with Crippen molar-refractivity contribution in [1.82, 2.24) is 20.1 Å². The van der Waals surface area contributed by atoms with Crippen LogP contribution in [0.25, 0.3) is 0 Å². The third kappa shape index (κ3) is 7.66. The Bertz CT molecular complexity index is 1510. The number of halogens is 1. The summed E-state index contributed by atoms with van der Waals surface area (Å²) in [6, 6.07) is 14.9. The van der Waals surface area contributed by atoms with Crippen molar-refractivity contribution < 1.29 is 14.3 Å². The van der Waals surface area contributed by atoms with E-state index in [1.165, 1.54) is 0 Å². The average Bonchev–Trinajstić information content (AvgIpc) is 3.42. The Kier molecular flexibility index (Phi) is 9.40. The topological polar surface area (TPSA) is 98.8 Å². The third-order valence-corrected chi connectivity index (χ3v) is 7.85. The summed E-state index contributed by atoms with van der Waals surface area (Å²) >= 11 is 6.60. The van der Waals surface area contributed by atoms with Crippen molar-refractivity contribution >= 4 is 35.0 Å². The first-order valence-corrected chi connectivity index (χ1v) is 14.3. The van der Waals surface area contributed by atoms with Crippen molar-refractivity contribution in [2.45, 2.75) is 32.0 Å². The second-order valence-corrected chi connectivity index (χ2v) is 11.4. The Labute approximate surface area is 251 Å². The Hall–Kier alpha value is -3.94. The molecule has 0 unspecified atom stereocenters. The Morgan fingerprint density at radius 3 is 2.60 bits per heavy atom. The second-order valence-electron chi connectivity index (χ2n) is 10.9. The van der Waals surface area contributed by atoms with Gasteiger partial charge in [-0.05, 0) is 75.0 Å². The molecule has 2 aromatic carbocycles. The van der Waals surface area contributed by atoms with E-state index in [0.717, 1.165) is 42.7 Å². The molecule has 3 heterocycles. The van der Waals surface area contributed by atoms with E-state index in [4.69, 9.17) is 16.3 Å². The number of aromatic nitrogens is 1. The van der Waals surface area contributed by atoms with Crippen molar-refractivity contribution in [2.24, 2.45) is 0 Å². The molecule has 0 spiro atoms. The molecule has 2 aliphatic rings. The zero-order valence-electron chi connectivity index (χ0n) is 24.0. The fraction of sp³-hybridized carbons (Fsp3) is 0.344. The van der Waals surface area contributed by atoms with Crippen LogP contribution in [0, 0.1) is 18.8 Å². The lowest BCUT2D eigenvalue weighted by Gasteiger charge is -2.26. The van der Waals surface area contributed by atoms with Crippen molar-refractivity contribution in [1.29, 1.82) is 0 Å². The van der Waals surface area contributed by atoms with Gasteiger partial charge in [-0.2, -0.15) is 0 Å². The number of likely N-dealkylation sites (N-methyl/N-ethyl adjacent to an activating group) is 1.